The molecule has 0 unspecified atom stereocenters. The first-order chi connectivity index (χ1) is 9.56. The van der Waals surface area contributed by atoms with Gasteiger partial charge >= 0.3 is 11.1 Å². The van der Waals surface area contributed by atoms with Crippen molar-refractivity contribution in [2.24, 2.45) is 0 Å². The lowest BCUT2D eigenvalue weighted by Gasteiger charge is -2.06. The molecule has 0 aromatic heterocycles. The van der Waals surface area contributed by atoms with Crippen LogP contribution in [0, 0.1) is 0 Å². The number of hydrogen-bond acceptors (Lipinski definition) is 0. The summed E-state index contributed by atoms with van der Waals surface area (Å²) in [5, 5.41) is 0. The highest BCUT2D eigenvalue weighted by molar-refractivity contribution is 7.39. The molecule has 0 N–H and O–H groups in total. The molecule has 0 aliphatic rings. The molecule has 0 amide bonds. The molecule has 0 aliphatic heterocycles. The minimum Gasteiger partial charge on any atom is -0.165 e. The van der Waals surface area contributed by atoms with Crippen LogP contribution in [0.4, 0.5) is 0 Å². The first-order valence-electron chi connectivity index (χ1n) is 6.30. The van der Waals surface area contributed by atoms with E-state index in [1.807, 2.05) is 36.4 Å². The molecule has 0 aliphatic carbocycles. The van der Waals surface area contributed by atoms with Crippen LogP contribution >= 0.6 is 45.8 Å². The van der Waals surface area contributed by atoms with Crippen LogP contribution in [0.15, 0.2) is 48.5 Å². The van der Waals surface area contributed by atoms with Gasteiger partial charge in [-0.1, -0.05) is 48.5 Å². The molecule has 0 saturated carbocycles. The van der Waals surface area contributed by atoms with Crippen molar-refractivity contribution in [3.8, 4) is 0 Å². The Labute approximate surface area is 140 Å². The monoisotopic (exact) mass is 342 g/mol. The van der Waals surface area contributed by atoms with Crippen LogP contribution in [-0.2, 0) is 12.8 Å². The summed E-state index contributed by atoms with van der Waals surface area (Å²) in [6.45, 7) is 0. The third-order valence-corrected chi connectivity index (χ3v) is 4.12. The van der Waals surface area contributed by atoms with Crippen LogP contribution in [0.3, 0.4) is 0 Å². The predicted octanol–water partition coefficient (Wildman–Crippen LogP) is 3.82. The normalized spacial score (nSPS) is 10.4. The lowest BCUT2D eigenvalue weighted by Crippen LogP contribution is -2.19. The third-order valence-electron chi connectivity index (χ3n) is 3.11. The van der Waals surface area contributed by atoms with Crippen molar-refractivity contribution in [3.63, 3.8) is 0 Å². The van der Waals surface area contributed by atoms with Gasteiger partial charge in [0.2, 0.25) is 0 Å². The Morgan fingerprint density at radius 2 is 1.05 bits per heavy atom. The Morgan fingerprint density at radius 1 is 0.650 bits per heavy atom. The summed E-state index contributed by atoms with van der Waals surface area (Å²) in [5.41, 5.74) is 3.33. The van der Waals surface area contributed by atoms with E-state index < -0.39 is 11.1 Å². The first kappa shape index (κ1) is 16.1. The smallest absolute Gasteiger partial charge is 0.165 e. The molecular formula is C14H12B2Cl4. The fourth-order valence-electron chi connectivity index (χ4n) is 2.06. The average Bonchev–Trinajstić information content (AvgIpc) is 2.45. The molecule has 6 heteroatoms. The Balaban J connectivity index is 2.05. The molecule has 0 atom stereocenters. The summed E-state index contributed by atoms with van der Waals surface area (Å²) in [7, 11) is 0. The van der Waals surface area contributed by atoms with E-state index in [0.29, 0.717) is 0 Å². The Hall–Kier alpha value is -0.270. The van der Waals surface area contributed by atoms with Crippen LogP contribution in [0.5, 0.6) is 0 Å². The number of rotatable bonds is 5. The molecule has 0 spiro atoms. The minimum atomic E-state index is -0.480. The fourth-order valence-corrected chi connectivity index (χ4v) is 2.60. The van der Waals surface area contributed by atoms with Gasteiger partial charge in [-0.05, 0) is 34.9 Å². The van der Waals surface area contributed by atoms with Gasteiger partial charge in [-0.2, -0.15) is 45.8 Å². The quantitative estimate of drug-likeness (QED) is 0.724. The molecular weight excluding hydrogens is 332 g/mol. The van der Waals surface area contributed by atoms with Gasteiger partial charge in [-0.25, -0.2) is 0 Å². The van der Waals surface area contributed by atoms with Crippen molar-refractivity contribution in [3.05, 3.63) is 59.7 Å². The number of benzene rings is 2. The number of halogens is 4. The topological polar surface area (TPSA) is 0 Å². The summed E-state index contributed by atoms with van der Waals surface area (Å²) in [6, 6.07) is 16.1. The van der Waals surface area contributed by atoms with E-state index >= 15 is 0 Å². The summed E-state index contributed by atoms with van der Waals surface area (Å²) in [6.07, 6.45) is 1.85. The van der Waals surface area contributed by atoms with Gasteiger partial charge in [0, 0.05) is 0 Å². The van der Waals surface area contributed by atoms with Gasteiger partial charge < -0.3 is 0 Å². The van der Waals surface area contributed by atoms with Crippen LogP contribution < -0.4 is 10.9 Å². The maximum absolute atomic E-state index is 5.88. The maximum atomic E-state index is 5.88. The molecule has 0 radical (unpaired) electrons. The second kappa shape index (κ2) is 7.66. The molecule has 20 heavy (non-hydrogen) atoms. The molecule has 0 fully saturated rings. The zero-order valence-corrected chi connectivity index (χ0v) is 13.7. The molecule has 102 valence electrons. The number of hydrogen-bond donors (Lipinski definition) is 0. The van der Waals surface area contributed by atoms with E-state index in [2.05, 4.69) is 12.1 Å². The van der Waals surface area contributed by atoms with Crippen LogP contribution in [-0.4, -0.2) is 11.1 Å². The van der Waals surface area contributed by atoms with Crippen molar-refractivity contribution in [2.45, 2.75) is 12.8 Å². The summed E-state index contributed by atoms with van der Waals surface area (Å²) in [5.74, 6) is 0. The first-order valence-corrected chi connectivity index (χ1v) is 8.05. The molecule has 0 heterocycles. The molecule has 0 nitrogen and oxygen atoms in total. The third kappa shape index (κ3) is 4.63. The molecule has 2 rings (SSSR count). The Morgan fingerprint density at radius 3 is 1.40 bits per heavy atom. The van der Waals surface area contributed by atoms with Crippen molar-refractivity contribution in [1.82, 2.24) is 0 Å². The van der Waals surface area contributed by atoms with Gasteiger partial charge in [0.1, 0.15) is 0 Å². The second-order valence-corrected chi connectivity index (χ2v) is 6.78. The highest BCUT2D eigenvalue weighted by Crippen LogP contribution is 2.09. The predicted molar refractivity (Wildman–Crippen MR) is 94.5 cm³/mol. The highest BCUT2D eigenvalue weighted by atomic mass is 35.5. The molecule has 0 saturated heterocycles. The van der Waals surface area contributed by atoms with E-state index in [1.54, 1.807) is 0 Å². The van der Waals surface area contributed by atoms with Gasteiger partial charge in [0.05, 0.1) is 0 Å². The van der Waals surface area contributed by atoms with Gasteiger partial charge in [-0.3, -0.25) is 0 Å². The van der Waals surface area contributed by atoms with Crippen LogP contribution in [0.1, 0.15) is 11.1 Å². The van der Waals surface area contributed by atoms with Crippen molar-refractivity contribution in [2.75, 3.05) is 0 Å². The largest absolute Gasteiger partial charge is 0.382 e. The zero-order valence-electron chi connectivity index (χ0n) is 10.7. The van der Waals surface area contributed by atoms with E-state index in [0.717, 1.165) is 23.8 Å². The Bertz CT molecular complexity index is 521. The SMILES string of the molecule is ClB(Cl)c1cccc(CCc2cccc(B(Cl)Cl)c2)c1. The summed E-state index contributed by atoms with van der Waals surface area (Å²) < 4.78 is 0. The molecule has 2 aromatic carbocycles. The van der Waals surface area contributed by atoms with E-state index in [1.165, 1.54) is 11.1 Å². The average molecular weight is 344 g/mol. The second-order valence-electron chi connectivity index (χ2n) is 4.59. The lowest BCUT2D eigenvalue weighted by atomic mass is 9.88. The number of aryl methyl sites for hydroxylation is 2. The fraction of sp³-hybridized carbons (Fsp3) is 0.143. The van der Waals surface area contributed by atoms with Gasteiger partial charge in [0.25, 0.3) is 0 Å². The van der Waals surface area contributed by atoms with E-state index in [-0.39, 0.29) is 0 Å². The van der Waals surface area contributed by atoms with Crippen LogP contribution in [0.25, 0.3) is 0 Å². The van der Waals surface area contributed by atoms with E-state index in [9.17, 15) is 0 Å². The van der Waals surface area contributed by atoms with E-state index in [4.69, 9.17) is 45.8 Å². The molecule has 0 bridgehead atoms. The molecule has 2 aromatic rings. The minimum absolute atomic E-state index is 0.480. The van der Waals surface area contributed by atoms with Gasteiger partial charge in [-0.15, -0.1) is 0 Å². The van der Waals surface area contributed by atoms with Crippen molar-refractivity contribution < 1.29 is 0 Å². The zero-order chi connectivity index (χ0) is 14.5. The Kier molecular flexibility index (Phi) is 6.17. The van der Waals surface area contributed by atoms with Gasteiger partial charge in [0.15, 0.2) is 0 Å². The van der Waals surface area contributed by atoms with Crippen molar-refractivity contribution >= 4 is 67.9 Å². The van der Waals surface area contributed by atoms with Crippen LogP contribution in [0.2, 0.25) is 0 Å². The highest BCUT2D eigenvalue weighted by Gasteiger charge is 2.11. The summed E-state index contributed by atoms with van der Waals surface area (Å²) >= 11 is 23.5. The maximum Gasteiger partial charge on any atom is 0.382 e. The standard InChI is InChI=1S/C14H12B2Cl4/c17-15(18)13-5-1-3-11(9-13)7-8-12-4-2-6-14(10-12)16(19)20/h1-6,9-10H,7-8H2. The summed E-state index contributed by atoms with van der Waals surface area (Å²) in [4.78, 5) is 0. The lowest BCUT2D eigenvalue weighted by molar-refractivity contribution is 0.963. The van der Waals surface area contributed by atoms with Crippen molar-refractivity contribution in [1.29, 1.82) is 0 Å².